The van der Waals surface area contributed by atoms with E-state index in [0.717, 1.165) is 5.56 Å². The second kappa shape index (κ2) is 10.6. The molecule has 0 saturated carbocycles. The number of amides is 2. The maximum Gasteiger partial charge on any atom is 0.283 e. The van der Waals surface area contributed by atoms with Crippen molar-refractivity contribution in [1.29, 1.82) is 0 Å². The smallest absolute Gasteiger partial charge is 0.283 e. The van der Waals surface area contributed by atoms with Crippen molar-refractivity contribution in [3.8, 4) is 11.6 Å². The Morgan fingerprint density at radius 3 is 2.60 bits per heavy atom. The Morgan fingerprint density at radius 1 is 1.03 bits per heavy atom. The Hall–Kier alpha value is -3.88. The average molecular weight is 511 g/mol. The first kappa shape index (κ1) is 24.3. The first-order valence-electron chi connectivity index (χ1n) is 10.5. The molecule has 0 saturated heterocycles. The Balaban J connectivity index is 1.52. The fourth-order valence-corrected chi connectivity index (χ4v) is 3.83. The van der Waals surface area contributed by atoms with E-state index in [1.165, 1.54) is 7.11 Å². The van der Waals surface area contributed by atoms with Crippen LogP contribution in [-0.4, -0.2) is 35.1 Å². The monoisotopic (exact) mass is 510 g/mol. The summed E-state index contributed by atoms with van der Waals surface area (Å²) in [4.78, 5) is 24.6. The van der Waals surface area contributed by atoms with E-state index in [0.29, 0.717) is 38.8 Å². The van der Waals surface area contributed by atoms with Crippen LogP contribution in [0.15, 0.2) is 77.0 Å². The van der Waals surface area contributed by atoms with E-state index in [-0.39, 0.29) is 18.1 Å². The van der Waals surface area contributed by atoms with E-state index in [1.807, 2.05) is 12.1 Å². The third-order valence-electron chi connectivity index (χ3n) is 5.24. The molecule has 0 unspecified atom stereocenters. The zero-order valence-electron chi connectivity index (χ0n) is 18.5. The number of benzene rings is 3. The molecule has 3 aromatic carbocycles. The number of halogens is 2. The molecule has 10 heteroatoms. The van der Waals surface area contributed by atoms with Gasteiger partial charge in [0.15, 0.2) is 5.69 Å². The van der Waals surface area contributed by atoms with Crippen molar-refractivity contribution in [3.05, 3.63) is 87.9 Å². The molecular weight excluding hydrogens is 491 g/mol. The summed E-state index contributed by atoms with van der Waals surface area (Å²) in [7, 11) is 1.50. The number of fused-ring (bicyclic) bond motifs is 1. The summed E-state index contributed by atoms with van der Waals surface area (Å²) in [5, 5.41) is 22.5. The van der Waals surface area contributed by atoms with E-state index >= 15 is 0 Å². The van der Waals surface area contributed by atoms with Crippen molar-refractivity contribution in [2.75, 3.05) is 13.7 Å². The molecule has 8 nitrogen and oxygen atoms in total. The quantitative estimate of drug-likeness (QED) is 0.308. The molecule has 0 bridgehead atoms. The van der Waals surface area contributed by atoms with Gasteiger partial charge in [0.1, 0.15) is 12.3 Å². The van der Waals surface area contributed by atoms with Crippen LogP contribution in [0.25, 0.3) is 10.9 Å². The molecule has 0 radical (unpaired) electrons. The highest BCUT2D eigenvalue weighted by Crippen LogP contribution is 2.39. The van der Waals surface area contributed by atoms with Gasteiger partial charge in [0.25, 0.3) is 11.8 Å². The summed E-state index contributed by atoms with van der Waals surface area (Å²) in [6, 6.07) is 18.9. The molecule has 0 aliphatic heterocycles. The van der Waals surface area contributed by atoms with Gasteiger partial charge in [0.05, 0.1) is 29.2 Å². The molecule has 4 aromatic rings. The molecule has 0 atom stereocenters. The van der Waals surface area contributed by atoms with Gasteiger partial charge in [0.2, 0.25) is 5.88 Å². The van der Waals surface area contributed by atoms with E-state index < -0.39 is 11.8 Å². The largest absolute Gasteiger partial charge is 0.497 e. The number of para-hydroxylation sites is 1. The Kier molecular flexibility index (Phi) is 7.33. The third kappa shape index (κ3) is 5.45. The minimum Gasteiger partial charge on any atom is -0.497 e. The molecule has 2 amide bonds. The lowest BCUT2D eigenvalue weighted by Gasteiger charge is -2.08. The number of nitrogens with zero attached hydrogens (tertiary/aromatic N) is 3. The van der Waals surface area contributed by atoms with Crippen molar-refractivity contribution in [2.24, 2.45) is 10.2 Å². The van der Waals surface area contributed by atoms with Crippen LogP contribution in [0, 0.1) is 0 Å². The minimum atomic E-state index is -0.679. The van der Waals surface area contributed by atoms with Gasteiger partial charge in [-0.15, -0.1) is 10.2 Å². The van der Waals surface area contributed by atoms with Crippen LogP contribution in [-0.2, 0) is 11.3 Å². The van der Waals surface area contributed by atoms with Crippen molar-refractivity contribution in [3.63, 3.8) is 0 Å². The van der Waals surface area contributed by atoms with Crippen LogP contribution in [0.3, 0.4) is 0 Å². The SMILES string of the molecule is COc1cccc(C(=O)NCC(=O)N=Nc2c(O)n(Cc3ccc(Cl)c(Cl)c3)c3ccccc23)c1. The van der Waals surface area contributed by atoms with Gasteiger partial charge >= 0.3 is 0 Å². The highest BCUT2D eigenvalue weighted by Gasteiger charge is 2.17. The highest BCUT2D eigenvalue weighted by atomic mass is 35.5. The van der Waals surface area contributed by atoms with Gasteiger partial charge in [-0.2, -0.15) is 0 Å². The fourth-order valence-electron chi connectivity index (χ4n) is 3.51. The van der Waals surface area contributed by atoms with Crippen LogP contribution >= 0.6 is 23.2 Å². The summed E-state index contributed by atoms with van der Waals surface area (Å²) in [5.74, 6) is -0.763. The standard InChI is InChI=1S/C25H20Cl2N4O4/c1-35-17-6-4-5-16(12-17)24(33)28-13-22(32)29-30-23-18-7-2-3-8-21(18)31(25(23)34)14-15-9-10-19(26)20(27)11-15/h2-12,34H,13-14H2,1H3,(H,28,33). The zero-order chi connectivity index (χ0) is 24.9. The minimum absolute atomic E-state index is 0.146. The van der Waals surface area contributed by atoms with Gasteiger partial charge in [-0.1, -0.05) is 53.5 Å². The van der Waals surface area contributed by atoms with Crippen molar-refractivity contribution in [1.82, 2.24) is 9.88 Å². The number of hydrogen-bond acceptors (Lipinski definition) is 5. The maximum absolute atomic E-state index is 12.3. The number of hydrogen-bond donors (Lipinski definition) is 2. The Bertz CT molecular complexity index is 1450. The first-order valence-corrected chi connectivity index (χ1v) is 11.2. The Labute approximate surface area is 210 Å². The Morgan fingerprint density at radius 2 is 1.83 bits per heavy atom. The summed E-state index contributed by atoms with van der Waals surface area (Å²) >= 11 is 12.1. The van der Waals surface area contributed by atoms with Crippen LogP contribution < -0.4 is 10.1 Å². The van der Waals surface area contributed by atoms with Gasteiger partial charge in [0, 0.05) is 10.9 Å². The van der Waals surface area contributed by atoms with Gasteiger partial charge in [-0.25, -0.2) is 0 Å². The van der Waals surface area contributed by atoms with E-state index in [4.69, 9.17) is 27.9 Å². The molecule has 4 rings (SSSR count). The molecule has 0 spiro atoms. The average Bonchev–Trinajstić information content (AvgIpc) is 3.14. The molecule has 0 aliphatic rings. The molecule has 2 N–H and O–H groups in total. The summed E-state index contributed by atoms with van der Waals surface area (Å²) < 4.78 is 6.73. The number of aromatic nitrogens is 1. The summed E-state index contributed by atoms with van der Waals surface area (Å²) in [6.07, 6.45) is 0. The molecule has 1 aromatic heterocycles. The second-order valence-electron chi connectivity index (χ2n) is 7.53. The number of azo groups is 1. The maximum atomic E-state index is 12.3. The number of ether oxygens (including phenoxy) is 1. The number of carbonyl (C=O) groups excluding carboxylic acids is 2. The molecule has 1 heterocycles. The summed E-state index contributed by atoms with van der Waals surface area (Å²) in [5.41, 5.74) is 2.00. The highest BCUT2D eigenvalue weighted by molar-refractivity contribution is 6.42. The van der Waals surface area contributed by atoms with Crippen molar-refractivity contribution < 1.29 is 19.4 Å². The van der Waals surface area contributed by atoms with E-state index in [2.05, 4.69) is 15.5 Å². The lowest BCUT2D eigenvalue weighted by molar-refractivity contribution is -0.117. The predicted molar refractivity (Wildman–Crippen MR) is 134 cm³/mol. The lowest BCUT2D eigenvalue weighted by atomic mass is 10.2. The topological polar surface area (TPSA) is 105 Å². The van der Waals surface area contributed by atoms with Crippen LogP contribution in [0.4, 0.5) is 5.69 Å². The van der Waals surface area contributed by atoms with E-state index in [1.54, 1.807) is 59.2 Å². The number of rotatable bonds is 7. The first-order chi connectivity index (χ1) is 16.9. The van der Waals surface area contributed by atoms with Gasteiger partial charge in [-0.05, 0) is 42.0 Å². The van der Waals surface area contributed by atoms with Gasteiger partial charge in [-0.3, -0.25) is 9.59 Å². The van der Waals surface area contributed by atoms with E-state index in [9.17, 15) is 14.7 Å². The molecular formula is C25H20Cl2N4O4. The normalized spacial score (nSPS) is 11.2. The molecule has 0 fully saturated rings. The third-order valence-corrected chi connectivity index (χ3v) is 5.97. The molecule has 0 aliphatic carbocycles. The number of carbonyl (C=O) groups is 2. The predicted octanol–water partition coefficient (Wildman–Crippen LogP) is 5.75. The number of aromatic hydroxyl groups is 1. The van der Waals surface area contributed by atoms with Crippen LogP contribution in [0.1, 0.15) is 15.9 Å². The van der Waals surface area contributed by atoms with Crippen molar-refractivity contribution >= 4 is 51.6 Å². The van der Waals surface area contributed by atoms with Gasteiger partial charge < -0.3 is 19.7 Å². The molecule has 178 valence electrons. The number of methoxy groups -OCH3 is 1. The summed E-state index contributed by atoms with van der Waals surface area (Å²) in [6.45, 7) is -0.0640. The zero-order valence-corrected chi connectivity index (χ0v) is 20.0. The molecule has 35 heavy (non-hydrogen) atoms. The fraction of sp³-hybridized carbons (Fsp3) is 0.120. The van der Waals surface area contributed by atoms with Crippen LogP contribution in [0.2, 0.25) is 10.0 Å². The lowest BCUT2D eigenvalue weighted by Crippen LogP contribution is -2.28. The van der Waals surface area contributed by atoms with Crippen molar-refractivity contribution in [2.45, 2.75) is 6.54 Å². The second-order valence-corrected chi connectivity index (χ2v) is 8.35. The van der Waals surface area contributed by atoms with Crippen LogP contribution in [0.5, 0.6) is 11.6 Å². The number of nitrogens with one attached hydrogen (secondary N) is 1.